The molecule has 84 valence electrons. The van der Waals surface area contributed by atoms with Gasteiger partial charge in [-0.1, -0.05) is 26.7 Å². The lowest BCUT2D eigenvalue weighted by atomic mass is 10.0. The van der Waals surface area contributed by atoms with Crippen LogP contribution in [-0.4, -0.2) is 11.5 Å². The van der Waals surface area contributed by atoms with E-state index in [0.29, 0.717) is 5.82 Å². The number of nitrogens with zero attached hydrogens (tertiary/aromatic N) is 1. The molecule has 0 atom stereocenters. The molecule has 0 aliphatic heterocycles. The topological polar surface area (TPSA) is 63.0 Å². The van der Waals surface area contributed by atoms with E-state index in [1.165, 1.54) is 12.8 Å². The molecule has 0 spiro atoms. The fraction of sp³-hybridized carbons (Fsp3) is 0.545. The van der Waals surface area contributed by atoms with Crippen LogP contribution in [0.1, 0.15) is 26.7 Å². The predicted octanol–water partition coefficient (Wildman–Crippen LogP) is 2.22. The molecular weight excluding hydrogens is 188 g/mol. The van der Waals surface area contributed by atoms with Gasteiger partial charge in [0.15, 0.2) is 0 Å². The molecule has 0 saturated carbocycles. The summed E-state index contributed by atoms with van der Waals surface area (Å²) in [5.41, 5.74) is 3.59. The second kappa shape index (κ2) is 6.24. The zero-order valence-electron chi connectivity index (χ0n) is 9.46. The Balaban J connectivity index is 2.49. The summed E-state index contributed by atoms with van der Waals surface area (Å²) < 4.78 is 0. The van der Waals surface area contributed by atoms with Crippen molar-refractivity contribution in [3.8, 4) is 0 Å². The standard InChI is InChI=1S/C11H20N4/c1-3-9(4-2)8-14-10-5-6-13-11(7-10)15-12/h5-7,9H,3-4,8,12H2,1-2H3,(H2,13,14,15). The van der Waals surface area contributed by atoms with Gasteiger partial charge in [-0.05, 0) is 12.0 Å². The first kappa shape index (κ1) is 11.8. The average Bonchev–Trinajstić information content (AvgIpc) is 2.31. The molecule has 15 heavy (non-hydrogen) atoms. The number of aromatic nitrogens is 1. The van der Waals surface area contributed by atoms with Gasteiger partial charge in [0.25, 0.3) is 0 Å². The molecule has 0 bridgehead atoms. The minimum atomic E-state index is 0.685. The summed E-state index contributed by atoms with van der Waals surface area (Å²) in [5.74, 6) is 6.70. The Morgan fingerprint density at radius 2 is 2.13 bits per heavy atom. The lowest BCUT2D eigenvalue weighted by Gasteiger charge is -2.14. The second-order valence-electron chi connectivity index (χ2n) is 3.64. The van der Waals surface area contributed by atoms with Crippen molar-refractivity contribution >= 4 is 11.5 Å². The summed E-state index contributed by atoms with van der Waals surface area (Å²) in [4.78, 5) is 4.05. The van der Waals surface area contributed by atoms with Crippen molar-refractivity contribution in [2.75, 3.05) is 17.3 Å². The van der Waals surface area contributed by atoms with Crippen molar-refractivity contribution in [1.82, 2.24) is 4.98 Å². The second-order valence-corrected chi connectivity index (χ2v) is 3.64. The average molecular weight is 208 g/mol. The van der Waals surface area contributed by atoms with Crippen molar-refractivity contribution in [3.63, 3.8) is 0 Å². The van der Waals surface area contributed by atoms with E-state index in [-0.39, 0.29) is 0 Å². The minimum Gasteiger partial charge on any atom is -0.385 e. The van der Waals surface area contributed by atoms with Crippen molar-refractivity contribution < 1.29 is 0 Å². The van der Waals surface area contributed by atoms with E-state index in [0.717, 1.165) is 18.2 Å². The Labute approximate surface area is 91.3 Å². The molecule has 0 aromatic carbocycles. The number of pyridine rings is 1. The van der Waals surface area contributed by atoms with Gasteiger partial charge in [0.2, 0.25) is 0 Å². The smallest absolute Gasteiger partial charge is 0.141 e. The fourth-order valence-corrected chi connectivity index (χ4v) is 1.46. The first-order valence-electron chi connectivity index (χ1n) is 5.46. The number of hydrogen-bond acceptors (Lipinski definition) is 4. The largest absolute Gasteiger partial charge is 0.385 e. The van der Waals surface area contributed by atoms with Crippen LogP contribution in [0.5, 0.6) is 0 Å². The molecule has 1 heterocycles. The molecule has 1 rings (SSSR count). The normalized spacial score (nSPS) is 10.4. The molecule has 1 aromatic heterocycles. The van der Waals surface area contributed by atoms with Crippen molar-refractivity contribution in [2.45, 2.75) is 26.7 Å². The van der Waals surface area contributed by atoms with Gasteiger partial charge in [-0.25, -0.2) is 10.8 Å². The van der Waals surface area contributed by atoms with Crippen LogP contribution in [0.4, 0.5) is 11.5 Å². The van der Waals surface area contributed by atoms with E-state index < -0.39 is 0 Å². The highest BCUT2D eigenvalue weighted by Crippen LogP contribution is 2.13. The van der Waals surface area contributed by atoms with Crippen molar-refractivity contribution in [3.05, 3.63) is 18.3 Å². The number of nitrogens with one attached hydrogen (secondary N) is 2. The Morgan fingerprint density at radius 1 is 1.40 bits per heavy atom. The molecule has 4 nitrogen and oxygen atoms in total. The molecule has 0 fully saturated rings. The highest BCUT2D eigenvalue weighted by Gasteiger charge is 2.02. The molecule has 1 aromatic rings. The Kier molecular flexibility index (Phi) is 4.90. The van der Waals surface area contributed by atoms with Crippen LogP contribution in [0.15, 0.2) is 18.3 Å². The molecular formula is C11H20N4. The lowest BCUT2D eigenvalue weighted by Crippen LogP contribution is -2.13. The van der Waals surface area contributed by atoms with Gasteiger partial charge in [-0.15, -0.1) is 0 Å². The van der Waals surface area contributed by atoms with Gasteiger partial charge in [0, 0.05) is 24.5 Å². The third-order valence-electron chi connectivity index (χ3n) is 2.66. The van der Waals surface area contributed by atoms with Gasteiger partial charge < -0.3 is 10.7 Å². The molecule has 0 saturated heterocycles. The van der Waals surface area contributed by atoms with Gasteiger partial charge in [0.05, 0.1) is 0 Å². The maximum Gasteiger partial charge on any atom is 0.141 e. The first-order valence-corrected chi connectivity index (χ1v) is 5.46. The van der Waals surface area contributed by atoms with Crippen LogP contribution in [-0.2, 0) is 0 Å². The number of anilines is 2. The van der Waals surface area contributed by atoms with Crippen LogP contribution in [0.25, 0.3) is 0 Å². The summed E-state index contributed by atoms with van der Waals surface area (Å²) in [6.07, 6.45) is 4.15. The molecule has 4 N–H and O–H groups in total. The third kappa shape index (κ3) is 3.75. The van der Waals surface area contributed by atoms with E-state index in [9.17, 15) is 0 Å². The zero-order valence-corrected chi connectivity index (χ0v) is 9.46. The van der Waals surface area contributed by atoms with Gasteiger partial charge in [-0.2, -0.15) is 0 Å². The van der Waals surface area contributed by atoms with Gasteiger partial charge in [0.1, 0.15) is 5.82 Å². The number of nitrogens with two attached hydrogens (primary N) is 1. The number of hydrogen-bond donors (Lipinski definition) is 3. The molecule has 0 unspecified atom stereocenters. The summed E-state index contributed by atoms with van der Waals surface area (Å²) in [6, 6.07) is 3.85. The molecule has 0 amide bonds. The maximum absolute atomic E-state index is 5.29. The van der Waals surface area contributed by atoms with Gasteiger partial charge >= 0.3 is 0 Å². The number of rotatable bonds is 6. The molecule has 4 heteroatoms. The van der Waals surface area contributed by atoms with E-state index in [1.54, 1.807) is 6.20 Å². The molecule has 0 aliphatic rings. The monoisotopic (exact) mass is 208 g/mol. The summed E-state index contributed by atoms with van der Waals surface area (Å²) in [7, 11) is 0. The van der Waals surface area contributed by atoms with Crippen LogP contribution < -0.4 is 16.6 Å². The van der Waals surface area contributed by atoms with Crippen LogP contribution in [0.2, 0.25) is 0 Å². The van der Waals surface area contributed by atoms with Crippen LogP contribution in [0, 0.1) is 5.92 Å². The first-order chi connectivity index (χ1) is 7.30. The number of nitrogen functional groups attached to an aromatic ring is 1. The molecule has 0 aliphatic carbocycles. The van der Waals surface area contributed by atoms with E-state index in [1.807, 2.05) is 12.1 Å². The third-order valence-corrected chi connectivity index (χ3v) is 2.66. The van der Waals surface area contributed by atoms with E-state index in [4.69, 9.17) is 5.84 Å². The Bertz CT molecular complexity index is 284. The van der Waals surface area contributed by atoms with Crippen LogP contribution in [0.3, 0.4) is 0 Å². The number of hydrazine groups is 1. The van der Waals surface area contributed by atoms with Crippen molar-refractivity contribution in [1.29, 1.82) is 0 Å². The summed E-state index contributed by atoms with van der Waals surface area (Å²) in [5, 5.41) is 3.39. The Morgan fingerprint density at radius 3 is 2.73 bits per heavy atom. The SMILES string of the molecule is CCC(CC)CNc1ccnc(NN)c1. The highest BCUT2D eigenvalue weighted by atomic mass is 15.2. The quantitative estimate of drug-likeness (QED) is 0.495. The fourth-order valence-electron chi connectivity index (χ4n) is 1.46. The molecule has 0 radical (unpaired) electrons. The highest BCUT2D eigenvalue weighted by molar-refractivity contribution is 5.51. The summed E-state index contributed by atoms with van der Waals surface area (Å²) in [6.45, 7) is 5.44. The maximum atomic E-state index is 5.29. The van der Waals surface area contributed by atoms with Crippen molar-refractivity contribution in [2.24, 2.45) is 11.8 Å². The Hall–Kier alpha value is -1.29. The van der Waals surface area contributed by atoms with Crippen LogP contribution >= 0.6 is 0 Å². The zero-order chi connectivity index (χ0) is 11.1. The summed E-state index contributed by atoms with van der Waals surface area (Å²) >= 11 is 0. The van der Waals surface area contributed by atoms with E-state index >= 15 is 0 Å². The predicted molar refractivity (Wildman–Crippen MR) is 64.6 cm³/mol. The minimum absolute atomic E-state index is 0.685. The van der Waals surface area contributed by atoms with Gasteiger partial charge in [-0.3, -0.25) is 0 Å². The lowest BCUT2D eigenvalue weighted by molar-refractivity contribution is 0.519. The van der Waals surface area contributed by atoms with E-state index in [2.05, 4.69) is 29.6 Å².